The third kappa shape index (κ3) is 4.35. The SMILES string of the molecule is CCO[C@@H]1CCCC[C@H]1NC(=O)N1CC(C)CC(C(=O)O)C1. The molecule has 1 heterocycles. The van der Waals surface area contributed by atoms with Crippen LogP contribution in [-0.2, 0) is 9.53 Å². The molecule has 2 amide bonds. The summed E-state index contributed by atoms with van der Waals surface area (Å²) in [4.78, 5) is 25.4. The number of nitrogens with one attached hydrogen (secondary N) is 1. The predicted octanol–water partition coefficient (Wildman–Crippen LogP) is 2.09. The normalized spacial score (nSPS) is 32.5. The van der Waals surface area contributed by atoms with E-state index in [1.807, 2.05) is 13.8 Å². The molecule has 1 aliphatic carbocycles. The van der Waals surface area contributed by atoms with E-state index < -0.39 is 11.9 Å². The van der Waals surface area contributed by atoms with Crippen molar-refractivity contribution < 1.29 is 19.4 Å². The summed E-state index contributed by atoms with van der Waals surface area (Å²) < 4.78 is 5.74. The van der Waals surface area contributed by atoms with Gasteiger partial charge in [-0.25, -0.2) is 4.79 Å². The number of carbonyl (C=O) groups excluding carboxylic acids is 1. The van der Waals surface area contributed by atoms with Crippen LogP contribution in [0.15, 0.2) is 0 Å². The number of piperidine rings is 1. The quantitative estimate of drug-likeness (QED) is 0.833. The van der Waals surface area contributed by atoms with Crippen molar-refractivity contribution in [2.24, 2.45) is 11.8 Å². The fourth-order valence-corrected chi connectivity index (χ4v) is 3.62. The van der Waals surface area contributed by atoms with Gasteiger partial charge < -0.3 is 20.1 Å². The van der Waals surface area contributed by atoms with E-state index in [1.165, 1.54) is 0 Å². The molecule has 0 aromatic heterocycles. The Morgan fingerprint density at radius 3 is 2.68 bits per heavy atom. The monoisotopic (exact) mass is 312 g/mol. The van der Waals surface area contributed by atoms with Gasteiger partial charge in [0.15, 0.2) is 0 Å². The number of urea groups is 1. The summed E-state index contributed by atoms with van der Waals surface area (Å²) in [6, 6.07) is -0.101. The molecule has 2 unspecified atom stereocenters. The van der Waals surface area contributed by atoms with Crippen LogP contribution in [0.3, 0.4) is 0 Å². The molecule has 0 spiro atoms. The molecule has 0 aromatic rings. The van der Waals surface area contributed by atoms with E-state index in [0.29, 0.717) is 26.1 Å². The second-order valence-electron chi connectivity index (χ2n) is 6.62. The van der Waals surface area contributed by atoms with Crippen molar-refractivity contribution in [1.82, 2.24) is 10.2 Å². The molecule has 1 saturated carbocycles. The van der Waals surface area contributed by atoms with E-state index in [4.69, 9.17) is 4.74 Å². The van der Waals surface area contributed by atoms with Crippen LogP contribution in [0.25, 0.3) is 0 Å². The molecule has 4 atom stereocenters. The summed E-state index contributed by atoms with van der Waals surface area (Å²) in [5.41, 5.74) is 0. The lowest BCUT2D eigenvalue weighted by molar-refractivity contribution is -0.143. The molecule has 2 fully saturated rings. The number of carbonyl (C=O) groups is 2. The molecule has 126 valence electrons. The van der Waals surface area contributed by atoms with Gasteiger partial charge in [-0.1, -0.05) is 19.8 Å². The zero-order valence-electron chi connectivity index (χ0n) is 13.6. The van der Waals surface area contributed by atoms with Gasteiger partial charge in [-0.15, -0.1) is 0 Å². The molecule has 1 saturated heterocycles. The maximum Gasteiger partial charge on any atom is 0.317 e. The number of hydrogen-bond donors (Lipinski definition) is 2. The third-order valence-electron chi connectivity index (χ3n) is 4.69. The van der Waals surface area contributed by atoms with Gasteiger partial charge in [0.1, 0.15) is 0 Å². The predicted molar refractivity (Wildman–Crippen MR) is 82.7 cm³/mol. The first-order chi connectivity index (χ1) is 10.5. The smallest absolute Gasteiger partial charge is 0.317 e. The molecule has 0 bridgehead atoms. The van der Waals surface area contributed by atoms with Crippen molar-refractivity contribution in [1.29, 1.82) is 0 Å². The molecule has 6 nitrogen and oxygen atoms in total. The minimum atomic E-state index is -0.811. The zero-order chi connectivity index (χ0) is 16.1. The topological polar surface area (TPSA) is 78.9 Å². The number of nitrogens with zero attached hydrogens (tertiary/aromatic N) is 1. The van der Waals surface area contributed by atoms with Gasteiger partial charge >= 0.3 is 12.0 Å². The third-order valence-corrected chi connectivity index (χ3v) is 4.69. The Morgan fingerprint density at radius 1 is 1.27 bits per heavy atom. The summed E-state index contributed by atoms with van der Waals surface area (Å²) in [5.74, 6) is -1.05. The highest BCUT2D eigenvalue weighted by molar-refractivity contribution is 5.77. The minimum Gasteiger partial charge on any atom is -0.481 e. The van der Waals surface area contributed by atoms with Crippen LogP contribution in [0.5, 0.6) is 0 Å². The standard InChI is InChI=1S/C16H28N2O4/c1-3-22-14-7-5-4-6-13(14)17-16(21)18-9-11(2)8-12(10-18)15(19)20/h11-14H,3-10H2,1-2H3,(H,17,21)(H,19,20)/t11?,12?,13-,14-/m1/s1. The highest BCUT2D eigenvalue weighted by Gasteiger charge is 2.34. The van der Waals surface area contributed by atoms with Crippen molar-refractivity contribution in [3.63, 3.8) is 0 Å². The lowest BCUT2D eigenvalue weighted by atomic mass is 9.90. The second kappa shape index (κ2) is 7.81. The molecule has 22 heavy (non-hydrogen) atoms. The van der Waals surface area contributed by atoms with Crippen LogP contribution in [0.2, 0.25) is 0 Å². The lowest BCUT2D eigenvalue weighted by Crippen LogP contribution is -2.54. The van der Waals surface area contributed by atoms with E-state index >= 15 is 0 Å². The van der Waals surface area contributed by atoms with Gasteiger partial charge in [0.25, 0.3) is 0 Å². The van der Waals surface area contributed by atoms with Gasteiger partial charge in [-0.05, 0) is 32.1 Å². The molecular weight excluding hydrogens is 284 g/mol. The number of rotatable bonds is 4. The Bertz CT molecular complexity index is 400. The van der Waals surface area contributed by atoms with Gasteiger partial charge in [-0.2, -0.15) is 0 Å². The maximum absolute atomic E-state index is 12.5. The summed E-state index contributed by atoms with van der Waals surface area (Å²) in [6.45, 7) is 5.55. The average Bonchev–Trinajstić information content (AvgIpc) is 2.48. The Morgan fingerprint density at radius 2 is 2.00 bits per heavy atom. The Balaban J connectivity index is 1.93. The molecular formula is C16H28N2O4. The van der Waals surface area contributed by atoms with Gasteiger partial charge in [0, 0.05) is 19.7 Å². The summed E-state index contributed by atoms with van der Waals surface area (Å²) in [7, 11) is 0. The number of ether oxygens (including phenoxy) is 1. The van der Waals surface area contributed by atoms with Crippen LogP contribution in [0.1, 0.15) is 46.0 Å². The molecule has 2 N–H and O–H groups in total. The van der Waals surface area contributed by atoms with Gasteiger partial charge in [0.2, 0.25) is 0 Å². The molecule has 2 rings (SSSR count). The number of hydrogen-bond acceptors (Lipinski definition) is 3. The number of carboxylic acids is 1. The van der Waals surface area contributed by atoms with Gasteiger partial charge in [-0.3, -0.25) is 4.79 Å². The van der Waals surface area contributed by atoms with E-state index in [1.54, 1.807) is 4.90 Å². The second-order valence-corrected chi connectivity index (χ2v) is 6.62. The highest BCUT2D eigenvalue weighted by Crippen LogP contribution is 2.24. The fourth-order valence-electron chi connectivity index (χ4n) is 3.62. The van der Waals surface area contributed by atoms with Crippen molar-refractivity contribution >= 4 is 12.0 Å². The Labute approximate surface area is 132 Å². The first-order valence-corrected chi connectivity index (χ1v) is 8.41. The van der Waals surface area contributed by atoms with Crippen molar-refractivity contribution in [3.8, 4) is 0 Å². The van der Waals surface area contributed by atoms with Crippen LogP contribution in [0.4, 0.5) is 4.79 Å². The minimum absolute atomic E-state index is 0.0433. The zero-order valence-corrected chi connectivity index (χ0v) is 13.6. The molecule has 6 heteroatoms. The molecule has 0 radical (unpaired) electrons. The van der Waals surface area contributed by atoms with Crippen LogP contribution in [0, 0.1) is 11.8 Å². The van der Waals surface area contributed by atoms with E-state index in [-0.39, 0.29) is 24.1 Å². The number of aliphatic carboxylic acids is 1. The maximum atomic E-state index is 12.5. The van der Waals surface area contributed by atoms with Crippen molar-refractivity contribution in [2.45, 2.75) is 58.1 Å². The Hall–Kier alpha value is -1.30. The van der Waals surface area contributed by atoms with Crippen molar-refractivity contribution in [2.75, 3.05) is 19.7 Å². The fraction of sp³-hybridized carbons (Fsp3) is 0.875. The molecule has 1 aliphatic heterocycles. The number of likely N-dealkylation sites (tertiary alicyclic amines) is 1. The number of amides is 2. The summed E-state index contributed by atoms with van der Waals surface area (Å²) in [5, 5.41) is 12.3. The van der Waals surface area contributed by atoms with E-state index in [2.05, 4.69) is 5.32 Å². The van der Waals surface area contributed by atoms with E-state index in [0.717, 1.165) is 25.7 Å². The summed E-state index contributed by atoms with van der Waals surface area (Å²) >= 11 is 0. The van der Waals surface area contributed by atoms with Gasteiger partial charge in [0.05, 0.1) is 18.1 Å². The van der Waals surface area contributed by atoms with E-state index in [9.17, 15) is 14.7 Å². The average molecular weight is 312 g/mol. The first kappa shape index (κ1) is 17.1. The first-order valence-electron chi connectivity index (χ1n) is 8.41. The van der Waals surface area contributed by atoms with Crippen LogP contribution < -0.4 is 5.32 Å². The molecule has 0 aromatic carbocycles. The number of carboxylic acid groups (broad SMARTS) is 1. The van der Waals surface area contributed by atoms with Crippen molar-refractivity contribution in [3.05, 3.63) is 0 Å². The summed E-state index contributed by atoms with van der Waals surface area (Å²) in [6.07, 6.45) is 4.88. The largest absolute Gasteiger partial charge is 0.481 e. The highest BCUT2D eigenvalue weighted by atomic mass is 16.5. The van der Waals surface area contributed by atoms with Crippen LogP contribution in [-0.4, -0.2) is 53.8 Å². The lowest BCUT2D eigenvalue weighted by Gasteiger charge is -2.37. The van der Waals surface area contributed by atoms with Crippen LogP contribution >= 0.6 is 0 Å². The molecule has 2 aliphatic rings. The Kier molecular flexibility index (Phi) is 6.06.